The molecule has 1 aromatic heterocycles. The SMILES string of the molecule is Cc1ccc(C#N)c(SCCC(=O)Nc2cccc(Cl)c2)n1. The van der Waals surface area contributed by atoms with E-state index in [1.54, 1.807) is 36.4 Å². The first-order valence-electron chi connectivity index (χ1n) is 6.64. The van der Waals surface area contributed by atoms with E-state index >= 15 is 0 Å². The van der Waals surface area contributed by atoms with E-state index in [2.05, 4.69) is 16.4 Å². The van der Waals surface area contributed by atoms with Crippen molar-refractivity contribution in [2.45, 2.75) is 18.4 Å². The Kier molecular flexibility index (Phi) is 5.82. The molecule has 0 unspecified atom stereocenters. The molecule has 0 spiro atoms. The topological polar surface area (TPSA) is 65.8 Å². The molecule has 0 aliphatic heterocycles. The van der Waals surface area contributed by atoms with Crippen LogP contribution in [-0.2, 0) is 4.79 Å². The van der Waals surface area contributed by atoms with E-state index in [1.165, 1.54) is 11.8 Å². The van der Waals surface area contributed by atoms with Crippen molar-refractivity contribution in [2.75, 3.05) is 11.1 Å². The van der Waals surface area contributed by atoms with Crippen LogP contribution in [0.25, 0.3) is 0 Å². The maximum atomic E-state index is 11.9. The highest BCUT2D eigenvalue weighted by molar-refractivity contribution is 7.99. The zero-order valence-corrected chi connectivity index (χ0v) is 13.5. The molecule has 1 heterocycles. The Morgan fingerprint density at radius 1 is 1.41 bits per heavy atom. The van der Waals surface area contributed by atoms with Gasteiger partial charge in [0.1, 0.15) is 11.1 Å². The van der Waals surface area contributed by atoms with Crippen LogP contribution < -0.4 is 5.32 Å². The number of aromatic nitrogens is 1. The fourth-order valence-electron chi connectivity index (χ4n) is 1.76. The van der Waals surface area contributed by atoms with Crippen molar-refractivity contribution < 1.29 is 4.79 Å². The third-order valence-corrected chi connectivity index (χ3v) is 4.02. The largest absolute Gasteiger partial charge is 0.326 e. The second-order valence-corrected chi connectivity index (χ2v) is 6.09. The first-order valence-corrected chi connectivity index (χ1v) is 8.01. The quantitative estimate of drug-likeness (QED) is 0.840. The lowest BCUT2D eigenvalue weighted by atomic mass is 10.3. The maximum Gasteiger partial charge on any atom is 0.225 e. The summed E-state index contributed by atoms with van der Waals surface area (Å²) in [5.41, 5.74) is 2.06. The van der Waals surface area contributed by atoms with Crippen molar-refractivity contribution >= 4 is 35.0 Å². The molecule has 0 saturated heterocycles. The van der Waals surface area contributed by atoms with Gasteiger partial charge in [0.15, 0.2) is 0 Å². The Morgan fingerprint density at radius 2 is 2.23 bits per heavy atom. The van der Waals surface area contributed by atoms with Crippen molar-refractivity contribution in [3.63, 3.8) is 0 Å². The predicted octanol–water partition coefficient (Wildman–Crippen LogP) is 4.04. The number of hydrogen-bond acceptors (Lipinski definition) is 4. The van der Waals surface area contributed by atoms with Crippen LogP contribution in [0.2, 0.25) is 5.02 Å². The lowest BCUT2D eigenvalue weighted by molar-refractivity contribution is -0.115. The van der Waals surface area contributed by atoms with Crippen LogP contribution >= 0.6 is 23.4 Å². The van der Waals surface area contributed by atoms with Gasteiger partial charge >= 0.3 is 0 Å². The number of halogens is 1. The van der Waals surface area contributed by atoms with Gasteiger partial charge in [-0.3, -0.25) is 4.79 Å². The summed E-state index contributed by atoms with van der Waals surface area (Å²) in [7, 11) is 0. The second kappa shape index (κ2) is 7.83. The number of pyridine rings is 1. The molecule has 6 heteroatoms. The summed E-state index contributed by atoms with van der Waals surface area (Å²) in [6, 6.07) is 12.7. The molecular formula is C16H14ClN3OS. The van der Waals surface area contributed by atoms with Crippen LogP contribution in [0.4, 0.5) is 5.69 Å². The number of aryl methyl sites for hydroxylation is 1. The Balaban J connectivity index is 1.87. The lowest BCUT2D eigenvalue weighted by Gasteiger charge is -2.06. The van der Waals surface area contributed by atoms with Gasteiger partial charge in [0.25, 0.3) is 0 Å². The third kappa shape index (κ3) is 4.76. The Hall–Kier alpha value is -2.03. The van der Waals surface area contributed by atoms with Crippen molar-refractivity contribution in [3.05, 3.63) is 52.7 Å². The molecule has 2 rings (SSSR count). The summed E-state index contributed by atoms with van der Waals surface area (Å²) in [6.07, 6.45) is 0.331. The van der Waals surface area contributed by atoms with E-state index in [0.29, 0.717) is 33.5 Å². The summed E-state index contributed by atoms with van der Waals surface area (Å²) in [6.45, 7) is 1.87. The van der Waals surface area contributed by atoms with Gasteiger partial charge in [0.05, 0.1) is 5.56 Å². The summed E-state index contributed by atoms with van der Waals surface area (Å²) >= 11 is 7.27. The van der Waals surface area contributed by atoms with Crippen LogP contribution in [0.15, 0.2) is 41.4 Å². The first kappa shape index (κ1) is 16.3. The number of nitrogens with zero attached hydrogens (tertiary/aromatic N) is 2. The minimum Gasteiger partial charge on any atom is -0.326 e. The van der Waals surface area contributed by atoms with Crippen molar-refractivity contribution in [3.8, 4) is 6.07 Å². The average molecular weight is 332 g/mol. The summed E-state index contributed by atoms with van der Waals surface area (Å²) in [5, 5.41) is 13.1. The standard InChI is InChI=1S/C16H14ClN3OS/c1-11-5-6-12(10-18)16(19-11)22-8-7-15(21)20-14-4-2-3-13(17)9-14/h2-6,9H,7-8H2,1H3,(H,20,21). The fraction of sp³-hybridized carbons (Fsp3) is 0.188. The number of anilines is 1. The van der Waals surface area contributed by atoms with Crippen LogP contribution in [0, 0.1) is 18.3 Å². The molecule has 0 bridgehead atoms. The number of carbonyl (C=O) groups is 1. The van der Waals surface area contributed by atoms with Gasteiger partial charge in [-0.2, -0.15) is 5.26 Å². The zero-order valence-electron chi connectivity index (χ0n) is 12.0. The zero-order chi connectivity index (χ0) is 15.9. The molecule has 2 aromatic rings. The van der Waals surface area contributed by atoms with Crippen LogP contribution in [0.1, 0.15) is 17.7 Å². The van der Waals surface area contributed by atoms with E-state index in [0.717, 1.165) is 5.69 Å². The Morgan fingerprint density at radius 3 is 2.95 bits per heavy atom. The molecule has 0 aliphatic rings. The molecule has 0 aliphatic carbocycles. The van der Waals surface area contributed by atoms with E-state index in [-0.39, 0.29) is 5.91 Å². The van der Waals surface area contributed by atoms with Crippen LogP contribution in [-0.4, -0.2) is 16.6 Å². The molecule has 0 atom stereocenters. The smallest absolute Gasteiger partial charge is 0.225 e. The van der Waals surface area contributed by atoms with Gasteiger partial charge in [-0.25, -0.2) is 4.98 Å². The van der Waals surface area contributed by atoms with Crippen LogP contribution in [0.3, 0.4) is 0 Å². The normalized spacial score (nSPS) is 10.0. The highest BCUT2D eigenvalue weighted by Crippen LogP contribution is 2.21. The second-order valence-electron chi connectivity index (χ2n) is 4.57. The van der Waals surface area contributed by atoms with Gasteiger partial charge in [-0.15, -0.1) is 11.8 Å². The lowest BCUT2D eigenvalue weighted by Crippen LogP contribution is -2.12. The minimum absolute atomic E-state index is 0.0964. The molecule has 22 heavy (non-hydrogen) atoms. The van der Waals surface area contributed by atoms with Gasteiger partial charge in [0.2, 0.25) is 5.91 Å². The maximum absolute atomic E-state index is 11.9. The third-order valence-electron chi connectivity index (χ3n) is 2.80. The summed E-state index contributed by atoms with van der Waals surface area (Å²) < 4.78 is 0. The van der Waals surface area contributed by atoms with E-state index in [4.69, 9.17) is 16.9 Å². The van der Waals surface area contributed by atoms with Crippen molar-refractivity contribution in [2.24, 2.45) is 0 Å². The first-order chi connectivity index (χ1) is 10.6. The Bertz CT molecular complexity index is 728. The number of thioether (sulfide) groups is 1. The molecule has 1 N–H and O–H groups in total. The van der Waals surface area contributed by atoms with Crippen molar-refractivity contribution in [1.82, 2.24) is 4.98 Å². The van der Waals surface area contributed by atoms with Crippen LogP contribution in [0.5, 0.6) is 0 Å². The number of nitriles is 1. The molecule has 1 amide bonds. The van der Waals surface area contributed by atoms with E-state index in [9.17, 15) is 4.79 Å². The highest BCUT2D eigenvalue weighted by Gasteiger charge is 2.07. The number of amides is 1. The van der Waals surface area contributed by atoms with Gasteiger partial charge in [-0.1, -0.05) is 17.7 Å². The minimum atomic E-state index is -0.0964. The highest BCUT2D eigenvalue weighted by atomic mass is 35.5. The molecule has 0 fully saturated rings. The van der Waals surface area contributed by atoms with Gasteiger partial charge in [-0.05, 0) is 37.3 Å². The molecule has 1 aromatic carbocycles. The van der Waals surface area contributed by atoms with E-state index in [1.807, 2.05) is 6.92 Å². The summed E-state index contributed by atoms with van der Waals surface area (Å²) in [5.74, 6) is 0.457. The molecular weight excluding hydrogens is 318 g/mol. The number of benzene rings is 1. The van der Waals surface area contributed by atoms with Gasteiger partial charge in [0, 0.05) is 28.6 Å². The molecule has 0 saturated carbocycles. The van der Waals surface area contributed by atoms with Crippen molar-refractivity contribution in [1.29, 1.82) is 5.26 Å². The fourth-order valence-corrected chi connectivity index (χ4v) is 2.91. The number of hydrogen-bond donors (Lipinski definition) is 1. The number of nitrogens with one attached hydrogen (secondary N) is 1. The molecule has 4 nitrogen and oxygen atoms in total. The number of rotatable bonds is 5. The summed E-state index contributed by atoms with van der Waals surface area (Å²) in [4.78, 5) is 16.2. The molecule has 112 valence electrons. The van der Waals surface area contributed by atoms with E-state index < -0.39 is 0 Å². The van der Waals surface area contributed by atoms with Gasteiger partial charge < -0.3 is 5.32 Å². The Labute approximate surface area is 138 Å². The monoisotopic (exact) mass is 331 g/mol. The molecule has 0 radical (unpaired) electrons. The predicted molar refractivity (Wildman–Crippen MR) is 89.1 cm³/mol. The average Bonchev–Trinajstić information content (AvgIpc) is 2.47. The number of carbonyl (C=O) groups excluding carboxylic acids is 1.